The van der Waals surface area contributed by atoms with Crippen molar-refractivity contribution in [3.63, 3.8) is 0 Å². The van der Waals surface area contributed by atoms with Crippen LogP contribution in [0.4, 0.5) is 4.79 Å². The van der Waals surface area contributed by atoms with Gasteiger partial charge >= 0.3 is 12.0 Å². The van der Waals surface area contributed by atoms with Gasteiger partial charge in [0.05, 0.1) is 0 Å². The second kappa shape index (κ2) is 6.58. The fourth-order valence-electron chi connectivity index (χ4n) is 2.69. The fraction of sp³-hybridized carbons (Fsp3) is 0.769. The van der Waals surface area contributed by atoms with Crippen molar-refractivity contribution in [1.82, 2.24) is 9.80 Å². The highest BCUT2D eigenvalue weighted by Gasteiger charge is 2.35. The number of likely N-dealkylation sites (tertiary alicyclic amines) is 1. The number of hydrogen-bond donors (Lipinski definition) is 2. The number of aliphatic carboxylic acids is 1. The first-order valence-corrected chi connectivity index (χ1v) is 6.78. The molecule has 1 saturated heterocycles. The molecule has 0 aromatic carbocycles. The third kappa shape index (κ3) is 4.11. The summed E-state index contributed by atoms with van der Waals surface area (Å²) in [7, 11) is 0. The highest BCUT2D eigenvalue weighted by Crippen LogP contribution is 2.27. The highest BCUT2D eigenvalue weighted by atomic mass is 16.4. The van der Waals surface area contributed by atoms with Gasteiger partial charge in [-0.1, -0.05) is 13.8 Å². The molecule has 3 N–H and O–H groups in total. The number of carboxylic acids is 1. The number of rotatable bonds is 4. The zero-order valence-corrected chi connectivity index (χ0v) is 12.2. The van der Waals surface area contributed by atoms with E-state index in [-0.39, 0.29) is 12.6 Å². The molecule has 1 aliphatic heterocycles. The summed E-state index contributed by atoms with van der Waals surface area (Å²) < 4.78 is 0. The lowest BCUT2D eigenvalue weighted by atomic mass is 9.86. The number of hydrogen-bond acceptors (Lipinski definition) is 3. The Hall–Kier alpha value is -1.79. The first-order chi connectivity index (χ1) is 9.22. The molecule has 0 aromatic heterocycles. The largest absolute Gasteiger partial charge is 0.480 e. The smallest absolute Gasteiger partial charge is 0.323 e. The van der Waals surface area contributed by atoms with Gasteiger partial charge in [0.1, 0.15) is 13.1 Å². The SMILES string of the molecule is CC1CC(C)C(C)N(C(=O)N(CC(N)=O)CC(=O)O)C1. The van der Waals surface area contributed by atoms with Crippen LogP contribution in [-0.2, 0) is 9.59 Å². The molecule has 3 amide bonds. The van der Waals surface area contributed by atoms with E-state index < -0.39 is 24.5 Å². The first-order valence-electron chi connectivity index (χ1n) is 6.78. The predicted molar refractivity (Wildman–Crippen MR) is 72.9 cm³/mol. The van der Waals surface area contributed by atoms with Crippen LogP contribution >= 0.6 is 0 Å². The summed E-state index contributed by atoms with van der Waals surface area (Å²) in [5.74, 6) is -1.19. The Balaban J connectivity index is 2.86. The third-order valence-electron chi connectivity index (χ3n) is 3.79. The van der Waals surface area contributed by atoms with E-state index in [2.05, 4.69) is 13.8 Å². The van der Waals surface area contributed by atoms with Gasteiger partial charge in [-0.2, -0.15) is 0 Å². The molecule has 0 aromatic rings. The lowest BCUT2D eigenvalue weighted by molar-refractivity contribution is -0.138. The molecular formula is C13H23N3O4. The average Bonchev–Trinajstić information content (AvgIpc) is 2.30. The van der Waals surface area contributed by atoms with Gasteiger partial charge in [0, 0.05) is 12.6 Å². The van der Waals surface area contributed by atoms with Crippen LogP contribution in [0, 0.1) is 11.8 Å². The van der Waals surface area contributed by atoms with Crippen LogP contribution < -0.4 is 5.73 Å². The Morgan fingerprint density at radius 1 is 1.25 bits per heavy atom. The van der Waals surface area contributed by atoms with Gasteiger partial charge in [-0.15, -0.1) is 0 Å². The number of nitrogens with two attached hydrogens (primary N) is 1. The van der Waals surface area contributed by atoms with Crippen molar-refractivity contribution in [3.05, 3.63) is 0 Å². The molecule has 3 unspecified atom stereocenters. The summed E-state index contributed by atoms with van der Waals surface area (Å²) in [5, 5.41) is 8.85. The Bertz CT molecular complexity index is 383. The number of carbonyl (C=O) groups is 3. The van der Waals surface area contributed by atoms with E-state index in [1.807, 2.05) is 6.92 Å². The fourth-order valence-corrected chi connectivity index (χ4v) is 2.69. The molecule has 1 aliphatic rings. The molecule has 0 aliphatic carbocycles. The molecule has 0 radical (unpaired) electrons. The van der Waals surface area contributed by atoms with Crippen LogP contribution in [0.3, 0.4) is 0 Å². The van der Waals surface area contributed by atoms with Gasteiger partial charge < -0.3 is 20.6 Å². The van der Waals surface area contributed by atoms with Crippen molar-refractivity contribution in [3.8, 4) is 0 Å². The molecule has 1 heterocycles. The minimum atomic E-state index is -1.16. The summed E-state index contributed by atoms with van der Waals surface area (Å²) >= 11 is 0. The lowest BCUT2D eigenvalue weighted by Crippen LogP contribution is -2.55. The second-order valence-electron chi connectivity index (χ2n) is 5.71. The van der Waals surface area contributed by atoms with Crippen molar-refractivity contribution in [2.45, 2.75) is 33.2 Å². The van der Waals surface area contributed by atoms with Crippen LogP contribution in [0.2, 0.25) is 0 Å². The van der Waals surface area contributed by atoms with Crippen molar-refractivity contribution in [1.29, 1.82) is 0 Å². The van der Waals surface area contributed by atoms with E-state index in [9.17, 15) is 14.4 Å². The maximum absolute atomic E-state index is 12.5. The number of nitrogens with zero attached hydrogens (tertiary/aromatic N) is 2. The highest BCUT2D eigenvalue weighted by molar-refractivity contribution is 5.86. The van der Waals surface area contributed by atoms with E-state index in [4.69, 9.17) is 10.8 Å². The lowest BCUT2D eigenvalue weighted by Gasteiger charge is -2.42. The molecule has 1 fully saturated rings. The normalized spacial score (nSPS) is 26.1. The quantitative estimate of drug-likeness (QED) is 0.777. The third-order valence-corrected chi connectivity index (χ3v) is 3.79. The maximum atomic E-state index is 12.5. The molecule has 3 atom stereocenters. The summed E-state index contributed by atoms with van der Waals surface area (Å²) in [6, 6.07) is -0.417. The van der Waals surface area contributed by atoms with Crippen LogP contribution in [0.15, 0.2) is 0 Å². The van der Waals surface area contributed by atoms with Crippen LogP contribution in [0.25, 0.3) is 0 Å². The molecule has 0 saturated carbocycles. The summed E-state index contributed by atoms with van der Waals surface area (Å²) in [5.41, 5.74) is 5.08. The Kier molecular flexibility index (Phi) is 5.35. The van der Waals surface area contributed by atoms with E-state index >= 15 is 0 Å². The summed E-state index contributed by atoms with van der Waals surface area (Å²) in [6.45, 7) is 5.73. The van der Waals surface area contributed by atoms with Crippen molar-refractivity contribution < 1.29 is 19.5 Å². The van der Waals surface area contributed by atoms with Crippen molar-refractivity contribution in [2.24, 2.45) is 17.6 Å². The monoisotopic (exact) mass is 285 g/mol. The van der Waals surface area contributed by atoms with Crippen LogP contribution in [-0.4, -0.2) is 58.5 Å². The number of amides is 3. The predicted octanol–water partition coefficient (Wildman–Crippen LogP) is 0.345. The van der Waals surface area contributed by atoms with Gasteiger partial charge in [-0.05, 0) is 25.2 Å². The summed E-state index contributed by atoms with van der Waals surface area (Å²) in [6.07, 6.45) is 1.03. The Labute approximate surface area is 118 Å². The zero-order chi connectivity index (χ0) is 15.4. The summed E-state index contributed by atoms with van der Waals surface area (Å²) in [4.78, 5) is 36.9. The number of carboxylic acid groups (broad SMARTS) is 1. The number of carbonyl (C=O) groups excluding carboxylic acids is 2. The van der Waals surface area contributed by atoms with Gasteiger partial charge in [-0.25, -0.2) is 4.79 Å². The molecule has 0 bridgehead atoms. The standard InChI is InChI=1S/C13H23N3O4/c1-8-4-9(2)10(3)16(5-8)13(20)15(6-11(14)17)7-12(18)19/h8-10H,4-7H2,1-3H3,(H2,14,17)(H,18,19). The van der Waals surface area contributed by atoms with Crippen molar-refractivity contribution >= 4 is 17.9 Å². The number of piperidine rings is 1. The molecule has 7 nitrogen and oxygen atoms in total. The van der Waals surface area contributed by atoms with Gasteiger partial charge in [0.25, 0.3) is 0 Å². The molecule has 7 heteroatoms. The molecular weight excluding hydrogens is 262 g/mol. The minimum absolute atomic E-state index is 0.0165. The maximum Gasteiger partial charge on any atom is 0.323 e. The second-order valence-corrected chi connectivity index (χ2v) is 5.71. The molecule has 114 valence electrons. The topological polar surface area (TPSA) is 104 Å². The Morgan fingerprint density at radius 3 is 2.35 bits per heavy atom. The minimum Gasteiger partial charge on any atom is -0.480 e. The van der Waals surface area contributed by atoms with E-state index in [1.165, 1.54) is 0 Å². The van der Waals surface area contributed by atoms with E-state index in [1.54, 1.807) is 4.90 Å². The van der Waals surface area contributed by atoms with Crippen LogP contribution in [0.5, 0.6) is 0 Å². The van der Waals surface area contributed by atoms with Crippen molar-refractivity contribution in [2.75, 3.05) is 19.6 Å². The van der Waals surface area contributed by atoms with Crippen LogP contribution in [0.1, 0.15) is 27.2 Å². The van der Waals surface area contributed by atoms with Gasteiger partial charge in [0.15, 0.2) is 0 Å². The van der Waals surface area contributed by atoms with Gasteiger partial charge in [0.2, 0.25) is 5.91 Å². The zero-order valence-electron chi connectivity index (χ0n) is 12.2. The van der Waals surface area contributed by atoms with Gasteiger partial charge in [-0.3, -0.25) is 9.59 Å². The average molecular weight is 285 g/mol. The molecule has 1 rings (SSSR count). The molecule has 20 heavy (non-hydrogen) atoms. The van der Waals surface area contributed by atoms with E-state index in [0.29, 0.717) is 18.4 Å². The van der Waals surface area contributed by atoms with E-state index in [0.717, 1.165) is 11.3 Å². The number of primary amides is 1. The first kappa shape index (κ1) is 16.3. The molecule has 0 spiro atoms. The number of urea groups is 1. The Morgan fingerprint density at radius 2 is 1.85 bits per heavy atom.